The third-order valence-corrected chi connectivity index (χ3v) is 10.1. The Morgan fingerprint density at radius 3 is 2.41 bits per heavy atom. The smallest absolute Gasteiger partial charge is 0.323 e. The van der Waals surface area contributed by atoms with Gasteiger partial charge < -0.3 is 35.1 Å². The summed E-state index contributed by atoms with van der Waals surface area (Å²) in [6, 6.07) is 19.1. The number of aromatic hydroxyl groups is 1. The van der Waals surface area contributed by atoms with Crippen LogP contribution in [0.5, 0.6) is 11.6 Å². The molecule has 1 aliphatic heterocycles. The molecule has 3 aromatic carbocycles. The maximum atomic E-state index is 13.0. The summed E-state index contributed by atoms with van der Waals surface area (Å²) in [6.45, 7) is 2.08. The van der Waals surface area contributed by atoms with Gasteiger partial charge in [0, 0.05) is 43.5 Å². The largest absolute Gasteiger partial charge is 0.494 e. The Balaban J connectivity index is 0.949. The van der Waals surface area contributed by atoms with Crippen LogP contribution < -0.4 is 30.2 Å². The lowest BCUT2D eigenvalue weighted by Gasteiger charge is -2.34. The van der Waals surface area contributed by atoms with Crippen molar-refractivity contribution in [2.45, 2.75) is 36.3 Å². The van der Waals surface area contributed by atoms with Crippen LogP contribution in [-0.2, 0) is 16.4 Å². The number of aliphatic hydroxyl groups excluding tert-OH is 1. The van der Waals surface area contributed by atoms with Crippen LogP contribution in [-0.4, -0.2) is 72.0 Å². The summed E-state index contributed by atoms with van der Waals surface area (Å²) >= 11 is 0.917. The van der Waals surface area contributed by atoms with Crippen molar-refractivity contribution >= 4 is 43.8 Å². The van der Waals surface area contributed by atoms with Crippen LogP contribution >= 0.6 is 11.3 Å². The molecule has 7 N–H and O–H groups in total. The highest BCUT2D eigenvalue weighted by Crippen LogP contribution is 2.25. The molecule has 13 nitrogen and oxygen atoms in total. The van der Waals surface area contributed by atoms with Crippen molar-refractivity contribution in [2.75, 3.05) is 35.9 Å². The number of hydrogen-bond donors (Lipinski definition) is 7. The molecule has 0 spiro atoms. The highest BCUT2D eigenvalue weighted by molar-refractivity contribution is 7.92. The number of ether oxygens (including phenoxy) is 1. The Morgan fingerprint density at radius 1 is 0.978 bits per heavy atom. The number of nitrogens with one attached hydrogen (secondary N) is 5. The summed E-state index contributed by atoms with van der Waals surface area (Å²) in [5.74, 6) is 0.336. The van der Waals surface area contributed by atoms with E-state index in [4.69, 9.17) is 4.74 Å². The molecule has 3 heterocycles. The zero-order chi connectivity index (χ0) is 32.3. The van der Waals surface area contributed by atoms with Gasteiger partial charge in [-0.3, -0.25) is 14.5 Å². The first kappa shape index (κ1) is 31.4. The zero-order valence-electron chi connectivity index (χ0n) is 24.7. The molecular weight excluding hydrogens is 633 g/mol. The lowest BCUT2D eigenvalue weighted by Crippen LogP contribution is -2.45. The van der Waals surface area contributed by atoms with E-state index in [1.54, 1.807) is 42.5 Å². The maximum absolute atomic E-state index is 13.0. The van der Waals surface area contributed by atoms with Gasteiger partial charge in [-0.25, -0.2) is 13.2 Å². The Hall–Kier alpha value is -4.57. The number of nitrogens with zero attached hydrogens (tertiary/aromatic N) is 1. The number of anilines is 2. The molecule has 0 bridgehead atoms. The first-order valence-corrected chi connectivity index (χ1v) is 17.1. The average molecular weight is 667 g/mol. The number of imidazole rings is 1. The summed E-state index contributed by atoms with van der Waals surface area (Å²) in [7, 11) is -3.81. The van der Waals surface area contributed by atoms with Crippen molar-refractivity contribution in [3.8, 4) is 11.6 Å². The SMILES string of the molecule is O=c1[nH]c2cccc(OC[C@@H](O)CNC3CCN(c4ccc(NS(=O)(=O)c5ccc(Cc6sc(=O)[nH]c6O)cc5)cc4)CC3)c2[nH]1. The Labute approximate surface area is 267 Å². The number of piperidine rings is 1. The van der Waals surface area contributed by atoms with Crippen LogP contribution in [0, 0.1) is 0 Å². The number of aromatic amines is 3. The summed E-state index contributed by atoms with van der Waals surface area (Å²) in [4.78, 5) is 33.2. The Kier molecular flexibility index (Phi) is 9.17. The van der Waals surface area contributed by atoms with Crippen LogP contribution in [0.1, 0.15) is 23.3 Å². The van der Waals surface area contributed by atoms with Gasteiger partial charge in [-0.1, -0.05) is 29.5 Å². The molecule has 0 aliphatic carbocycles. The number of H-pyrrole nitrogens is 3. The molecule has 1 saturated heterocycles. The van der Waals surface area contributed by atoms with Crippen LogP contribution in [0.4, 0.5) is 11.4 Å². The first-order chi connectivity index (χ1) is 22.1. The monoisotopic (exact) mass is 666 g/mol. The van der Waals surface area contributed by atoms with E-state index >= 15 is 0 Å². The fraction of sp³-hybridized carbons (Fsp3) is 0.290. The lowest BCUT2D eigenvalue weighted by molar-refractivity contribution is 0.103. The molecule has 6 rings (SSSR count). The van der Waals surface area contributed by atoms with Gasteiger partial charge in [0.2, 0.25) is 5.88 Å². The van der Waals surface area contributed by atoms with Gasteiger partial charge in [0.15, 0.2) is 0 Å². The Bertz CT molecular complexity index is 2010. The summed E-state index contributed by atoms with van der Waals surface area (Å²) in [5.41, 5.74) is 3.11. The molecule has 5 aromatic rings. The van der Waals surface area contributed by atoms with Gasteiger partial charge in [0.25, 0.3) is 10.0 Å². The van der Waals surface area contributed by atoms with Crippen molar-refractivity contribution in [1.29, 1.82) is 0 Å². The molecule has 46 heavy (non-hydrogen) atoms. The number of benzene rings is 3. The number of aromatic nitrogens is 3. The number of thiazole rings is 1. The molecule has 15 heteroatoms. The van der Waals surface area contributed by atoms with Gasteiger partial charge in [-0.05, 0) is 66.9 Å². The van der Waals surface area contributed by atoms with Crippen LogP contribution in [0.25, 0.3) is 11.0 Å². The maximum Gasteiger partial charge on any atom is 0.323 e. The van der Waals surface area contributed by atoms with Gasteiger partial charge in [0.05, 0.1) is 15.3 Å². The average Bonchev–Trinajstić information content (AvgIpc) is 3.59. The van der Waals surface area contributed by atoms with E-state index < -0.39 is 16.1 Å². The number of sulfonamides is 1. The quantitative estimate of drug-likeness (QED) is 0.105. The molecule has 0 saturated carbocycles. The van der Waals surface area contributed by atoms with Crippen molar-refractivity contribution in [3.05, 3.63) is 97.3 Å². The third kappa shape index (κ3) is 7.45. The number of para-hydroxylation sites is 1. The van der Waals surface area contributed by atoms with E-state index in [0.717, 1.165) is 48.5 Å². The van der Waals surface area contributed by atoms with Crippen LogP contribution in [0.3, 0.4) is 0 Å². The summed E-state index contributed by atoms with van der Waals surface area (Å²) < 4.78 is 34.3. The Morgan fingerprint density at radius 2 is 1.72 bits per heavy atom. The van der Waals surface area contributed by atoms with Crippen LogP contribution in [0.2, 0.25) is 0 Å². The summed E-state index contributed by atoms with van der Waals surface area (Å²) in [5, 5.41) is 23.7. The predicted molar refractivity (Wildman–Crippen MR) is 177 cm³/mol. The minimum Gasteiger partial charge on any atom is -0.494 e. The fourth-order valence-electron chi connectivity index (χ4n) is 5.44. The molecule has 0 amide bonds. The minimum absolute atomic E-state index is 0.0870. The predicted octanol–water partition coefficient (Wildman–Crippen LogP) is 2.70. The van der Waals surface area contributed by atoms with E-state index in [1.807, 2.05) is 12.1 Å². The van der Waals surface area contributed by atoms with Crippen molar-refractivity contribution < 1.29 is 23.4 Å². The molecule has 2 aromatic heterocycles. The van der Waals surface area contributed by atoms with E-state index in [2.05, 4.69) is 29.9 Å². The van der Waals surface area contributed by atoms with Crippen molar-refractivity contribution in [3.63, 3.8) is 0 Å². The second-order valence-corrected chi connectivity index (χ2v) is 13.9. The number of hydrogen-bond acceptors (Lipinski definition) is 10. The standard InChI is InChI=1S/C31H34N6O7S2/c38-23(18-44-26-3-1-2-25-28(26)34-30(40)33-25)17-32-20-12-14-37(15-13-20)22-8-6-21(7-9-22)36-46(42,43)24-10-4-19(5-11-24)16-27-29(39)35-31(41)45-27/h1-11,20,23,32,36,38-39H,12-18H2,(H,35,41)(H2,33,34,40)/t23-/m0/s1. The van der Waals surface area contributed by atoms with Crippen LogP contribution in [0.15, 0.2) is 81.2 Å². The van der Waals surface area contributed by atoms with Gasteiger partial charge in [-0.15, -0.1) is 0 Å². The second-order valence-electron chi connectivity index (χ2n) is 11.2. The second kappa shape index (κ2) is 13.4. The van der Waals surface area contributed by atoms with E-state index in [1.165, 1.54) is 12.1 Å². The van der Waals surface area contributed by atoms with Gasteiger partial charge in [-0.2, -0.15) is 0 Å². The molecule has 1 fully saturated rings. The molecule has 0 radical (unpaired) electrons. The molecule has 242 valence electrons. The van der Waals surface area contributed by atoms with Gasteiger partial charge >= 0.3 is 10.6 Å². The van der Waals surface area contributed by atoms with Crippen molar-refractivity contribution in [2.24, 2.45) is 0 Å². The van der Waals surface area contributed by atoms with Crippen molar-refractivity contribution in [1.82, 2.24) is 20.3 Å². The topological polar surface area (TPSA) is 193 Å². The normalized spacial score (nSPS) is 14.8. The highest BCUT2D eigenvalue weighted by Gasteiger charge is 2.21. The molecular formula is C31H34N6O7S2. The number of fused-ring (bicyclic) bond motifs is 1. The molecule has 1 atom stereocenters. The molecule has 1 aliphatic rings. The van der Waals surface area contributed by atoms with E-state index in [-0.39, 0.29) is 34.0 Å². The zero-order valence-corrected chi connectivity index (χ0v) is 26.3. The van der Waals surface area contributed by atoms with E-state index in [9.17, 15) is 28.2 Å². The van der Waals surface area contributed by atoms with E-state index in [0.29, 0.717) is 40.3 Å². The number of rotatable bonds is 12. The molecule has 0 unspecified atom stereocenters. The fourth-order valence-corrected chi connectivity index (χ4v) is 7.26. The van der Waals surface area contributed by atoms with Gasteiger partial charge in [0.1, 0.15) is 24.0 Å². The third-order valence-electron chi connectivity index (χ3n) is 7.86. The number of aliphatic hydroxyl groups is 1. The highest BCUT2D eigenvalue weighted by atomic mass is 32.2. The first-order valence-electron chi connectivity index (χ1n) is 14.8. The summed E-state index contributed by atoms with van der Waals surface area (Å²) in [6.07, 6.45) is 1.35. The minimum atomic E-state index is -3.81. The lowest BCUT2D eigenvalue weighted by atomic mass is 10.0.